The highest BCUT2D eigenvalue weighted by Crippen LogP contribution is 2.19. The number of benzene rings is 2. The molecule has 1 heterocycles. The lowest BCUT2D eigenvalue weighted by Gasteiger charge is -2.04. The number of nitrogens with two attached hydrogens (primary N) is 1. The Bertz CT molecular complexity index is 765. The van der Waals surface area contributed by atoms with Crippen molar-refractivity contribution in [2.45, 2.75) is 13.1 Å². The third-order valence-corrected chi connectivity index (χ3v) is 3.24. The Labute approximate surface area is 114 Å². The highest BCUT2D eigenvalue weighted by Gasteiger charge is 2.10. The fourth-order valence-electron chi connectivity index (χ4n) is 2.28. The normalized spacial score (nSPS) is 11.2. The van der Waals surface area contributed by atoms with Crippen LogP contribution in [0, 0.1) is 11.6 Å². The molecule has 2 aromatic carbocycles. The average molecular weight is 273 g/mol. The molecule has 20 heavy (non-hydrogen) atoms. The van der Waals surface area contributed by atoms with Crippen molar-refractivity contribution in [3.63, 3.8) is 0 Å². The molecule has 0 bridgehead atoms. The van der Waals surface area contributed by atoms with Gasteiger partial charge in [-0.05, 0) is 23.8 Å². The van der Waals surface area contributed by atoms with Crippen LogP contribution in [0.3, 0.4) is 0 Å². The predicted octanol–water partition coefficient (Wildman–Crippen LogP) is 2.82. The second-order valence-electron chi connectivity index (χ2n) is 4.57. The van der Waals surface area contributed by atoms with E-state index in [1.54, 1.807) is 10.7 Å². The van der Waals surface area contributed by atoms with Crippen LogP contribution in [0.4, 0.5) is 8.78 Å². The smallest absolute Gasteiger partial charge is 0.159 e. The molecule has 0 radical (unpaired) electrons. The van der Waals surface area contributed by atoms with Crippen LogP contribution in [0.1, 0.15) is 11.3 Å². The van der Waals surface area contributed by atoms with Gasteiger partial charge in [0.05, 0.1) is 17.8 Å². The lowest BCUT2D eigenvalue weighted by molar-refractivity contribution is 0.506. The number of nitrogens with zero attached hydrogens (tertiary/aromatic N) is 2. The summed E-state index contributed by atoms with van der Waals surface area (Å²) in [5.41, 5.74) is 8.06. The van der Waals surface area contributed by atoms with Crippen LogP contribution >= 0.6 is 0 Å². The summed E-state index contributed by atoms with van der Waals surface area (Å²) in [6, 6.07) is 11.6. The molecule has 3 rings (SSSR count). The number of hydrogen-bond donors (Lipinski definition) is 1. The molecule has 0 spiro atoms. The molecule has 2 N–H and O–H groups in total. The van der Waals surface area contributed by atoms with Gasteiger partial charge in [0.2, 0.25) is 0 Å². The minimum absolute atomic E-state index is 0.339. The topological polar surface area (TPSA) is 43.8 Å². The maximum absolute atomic E-state index is 13.2. The lowest BCUT2D eigenvalue weighted by atomic mass is 10.2. The Balaban J connectivity index is 2.04. The largest absolute Gasteiger partial charge is 0.325 e. The van der Waals surface area contributed by atoms with Crippen LogP contribution < -0.4 is 5.73 Å². The molecule has 0 amide bonds. The zero-order valence-corrected chi connectivity index (χ0v) is 10.7. The van der Waals surface area contributed by atoms with Crippen molar-refractivity contribution < 1.29 is 8.78 Å². The molecule has 0 aliphatic carbocycles. The summed E-state index contributed by atoms with van der Waals surface area (Å²) in [7, 11) is 0. The van der Waals surface area contributed by atoms with Crippen molar-refractivity contribution in [2.24, 2.45) is 5.73 Å². The number of aromatic nitrogens is 2. The van der Waals surface area contributed by atoms with Crippen molar-refractivity contribution >= 4 is 10.9 Å². The summed E-state index contributed by atoms with van der Waals surface area (Å²) in [6.07, 6.45) is 0. The van der Waals surface area contributed by atoms with Crippen molar-refractivity contribution in [1.29, 1.82) is 0 Å². The van der Waals surface area contributed by atoms with Crippen LogP contribution in [-0.4, -0.2) is 9.78 Å². The Morgan fingerprint density at radius 1 is 1.05 bits per heavy atom. The van der Waals surface area contributed by atoms with E-state index in [9.17, 15) is 8.78 Å². The van der Waals surface area contributed by atoms with E-state index in [-0.39, 0.29) is 0 Å². The van der Waals surface area contributed by atoms with Crippen molar-refractivity contribution in [3.05, 3.63) is 65.4 Å². The van der Waals surface area contributed by atoms with Crippen molar-refractivity contribution in [2.75, 3.05) is 0 Å². The van der Waals surface area contributed by atoms with E-state index in [1.807, 2.05) is 24.3 Å². The molecule has 0 atom stereocenters. The second-order valence-corrected chi connectivity index (χ2v) is 4.57. The van der Waals surface area contributed by atoms with Gasteiger partial charge in [0.25, 0.3) is 0 Å². The van der Waals surface area contributed by atoms with Gasteiger partial charge >= 0.3 is 0 Å². The molecule has 0 fully saturated rings. The fraction of sp³-hybridized carbons (Fsp3) is 0.133. The molecule has 0 aliphatic heterocycles. The summed E-state index contributed by atoms with van der Waals surface area (Å²) in [6.45, 7) is 0.711. The molecule has 0 aliphatic rings. The third-order valence-electron chi connectivity index (χ3n) is 3.24. The standard InChI is InChI=1S/C15H13F2N3/c16-12-6-5-10(7-13(12)17)9-20-15-4-2-1-3-11(15)14(8-18)19-20/h1-7H,8-9,18H2. The first-order valence-electron chi connectivity index (χ1n) is 6.27. The minimum atomic E-state index is -0.849. The zero-order valence-electron chi connectivity index (χ0n) is 10.7. The van der Waals surface area contributed by atoms with E-state index in [0.29, 0.717) is 18.7 Å². The summed E-state index contributed by atoms with van der Waals surface area (Å²) in [4.78, 5) is 0. The van der Waals surface area contributed by atoms with Gasteiger partial charge in [-0.1, -0.05) is 24.3 Å². The van der Waals surface area contributed by atoms with Gasteiger partial charge in [-0.25, -0.2) is 8.78 Å². The highest BCUT2D eigenvalue weighted by molar-refractivity contribution is 5.82. The van der Waals surface area contributed by atoms with Crippen LogP contribution in [0.5, 0.6) is 0 Å². The zero-order chi connectivity index (χ0) is 14.1. The molecule has 102 valence electrons. The quantitative estimate of drug-likeness (QED) is 0.797. The van der Waals surface area contributed by atoms with Crippen LogP contribution in [0.15, 0.2) is 42.5 Å². The molecule has 0 saturated heterocycles. The number of fused-ring (bicyclic) bond motifs is 1. The molecular formula is C15H13F2N3. The molecular weight excluding hydrogens is 260 g/mol. The summed E-state index contributed by atoms with van der Waals surface area (Å²) in [5, 5.41) is 5.41. The molecule has 3 nitrogen and oxygen atoms in total. The highest BCUT2D eigenvalue weighted by atomic mass is 19.2. The van der Waals surface area contributed by atoms with E-state index in [4.69, 9.17) is 5.73 Å². The maximum atomic E-state index is 13.2. The van der Waals surface area contributed by atoms with Crippen LogP contribution in [0.25, 0.3) is 10.9 Å². The fourth-order valence-corrected chi connectivity index (χ4v) is 2.28. The molecule has 0 unspecified atom stereocenters. The van der Waals surface area contributed by atoms with Gasteiger partial charge in [-0.15, -0.1) is 0 Å². The van der Waals surface area contributed by atoms with Gasteiger partial charge in [0.15, 0.2) is 11.6 Å². The predicted molar refractivity (Wildman–Crippen MR) is 73.1 cm³/mol. The van der Waals surface area contributed by atoms with Gasteiger partial charge in [0, 0.05) is 11.9 Å². The lowest BCUT2D eigenvalue weighted by Crippen LogP contribution is -2.04. The Hall–Kier alpha value is -2.27. The van der Waals surface area contributed by atoms with Gasteiger partial charge in [-0.3, -0.25) is 4.68 Å². The first kappa shape index (κ1) is 12.7. The van der Waals surface area contributed by atoms with Crippen LogP contribution in [0.2, 0.25) is 0 Å². The maximum Gasteiger partial charge on any atom is 0.159 e. The Morgan fingerprint density at radius 2 is 1.85 bits per heavy atom. The Kier molecular flexibility index (Phi) is 3.20. The number of rotatable bonds is 3. The molecule has 5 heteroatoms. The van der Waals surface area contributed by atoms with Crippen molar-refractivity contribution in [1.82, 2.24) is 9.78 Å². The van der Waals surface area contributed by atoms with E-state index in [2.05, 4.69) is 5.10 Å². The Morgan fingerprint density at radius 3 is 2.60 bits per heavy atom. The molecule has 1 aromatic heterocycles. The SMILES string of the molecule is NCc1nn(Cc2ccc(F)c(F)c2)c2ccccc12. The van der Waals surface area contributed by atoms with Gasteiger partial charge in [-0.2, -0.15) is 5.10 Å². The summed E-state index contributed by atoms with van der Waals surface area (Å²) >= 11 is 0. The van der Waals surface area contributed by atoms with E-state index in [0.717, 1.165) is 22.7 Å². The van der Waals surface area contributed by atoms with Crippen LogP contribution in [-0.2, 0) is 13.1 Å². The number of para-hydroxylation sites is 1. The summed E-state index contributed by atoms with van der Waals surface area (Å²) in [5.74, 6) is -1.69. The van der Waals surface area contributed by atoms with Crippen molar-refractivity contribution in [3.8, 4) is 0 Å². The second kappa shape index (κ2) is 5.02. The number of halogens is 2. The third kappa shape index (κ3) is 2.16. The monoisotopic (exact) mass is 273 g/mol. The molecule has 3 aromatic rings. The molecule has 0 saturated carbocycles. The van der Waals surface area contributed by atoms with Gasteiger partial charge in [0.1, 0.15) is 0 Å². The average Bonchev–Trinajstić information content (AvgIpc) is 2.81. The van der Waals surface area contributed by atoms with Gasteiger partial charge < -0.3 is 5.73 Å². The van der Waals surface area contributed by atoms with E-state index in [1.165, 1.54) is 6.07 Å². The summed E-state index contributed by atoms with van der Waals surface area (Å²) < 4.78 is 27.9. The van der Waals surface area contributed by atoms with E-state index >= 15 is 0 Å². The minimum Gasteiger partial charge on any atom is -0.325 e. The first-order chi connectivity index (χ1) is 9.69. The first-order valence-corrected chi connectivity index (χ1v) is 6.27. The van der Waals surface area contributed by atoms with E-state index < -0.39 is 11.6 Å². The number of hydrogen-bond acceptors (Lipinski definition) is 2.